The third-order valence-corrected chi connectivity index (χ3v) is 6.86. The van der Waals surface area contributed by atoms with Gasteiger partial charge in [0, 0.05) is 62.6 Å². The number of rotatable bonds is 12. The first kappa shape index (κ1) is 27.2. The molecule has 1 aromatic heterocycles. The molecule has 1 fully saturated rings. The molecule has 1 N–H and O–H groups in total. The van der Waals surface area contributed by atoms with Gasteiger partial charge in [0.1, 0.15) is 11.6 Å². The van der Waals surface area contributed by atoms with Gasteiger partial charge in [-0.2, -0.15) is 0 Å². The zero-order valence-electron chi connectivity index (χ0n) is 22.1. The van der Waals surface area contributed by atoms with Gasteiger partial charge in [-0.3, -0.25) is 4.90 Å². The van der Waals surface area contributed by atoms with Gasteiger partial charge in [0.25, 0.3) is 0 Å². The van der Waals surface area contributed by atoms with Crippen LogP contribution in [0.15, 0.2) is 54.6 Å². The minimum absolute atomic E-state index is 0.206. The Labute approximate surface area is 220 Å². The number of halogens is 1. The molecule has 1 saturated heterocycles. The van der Waals surface area contributed by atoms with Crippen molar-refractivity contribution in [1.82, 2.24) is 14.9 Å². The lowest BCUT2D eigenvalue weighted by Gasteiger charge is -2.37. The van der Waals surface area contributed by atoms with Gasteiger partial charge >= 0.3 is 0 Å². The summed E-state index contributed by atoms with van der Waals surface area (Å²) in [5.41, 5.74) is 3.57. The number of aromatic nitrogens is 2. The topological polar surface area (TPSA) is 61.7 Å². The summed E-state index contributed by atoms with van der Waals surface area (Å²) in [6.07, 6.45) is 2.81. The number of hydrogen-bond acceptors (Lipinski definition) is 6. The van der Waals surface area contributed by atoms with Gasteiger partial charge in [-0.05, 0) is 24.5 Å². The van der Waals surface area contributed by atoms with Crippen LogP contribution in [0.25, 0.3) is 11.4 Å². The monoisotopic (exact) mass is 506 g/mol. The van der Waals surface area contributed by atoms with Crippen molar-refractivity contribution in [1.29, 1.82) is 0 Å². The zero-order chi connectivity index (χ0) is 26.0. The van der Waals surface area contributed by atoms with E-state index in [4.69, 9.17) is 14.7 Å². The maximum Gasteiger partial charge on any atom is 0.161 e. The SMILES string of the molecule is CCCCOC[C@H](O)CN1CCN(c2nc(-c3ccccc3)nc(CC)c2Cc2ccccc2F)CC1. The van der Waals surface area contributed by atoms with Gasteiger partial charge in [0.15, 0.2) is 5.82 Å². The van der Waals surface area contributed by atoms with Crippen molar-refractivity contribution < 1.29 is 14.2 Å². The van der Waals surface area contributed by atoms with E-state index < -0.39 is 6.10 Å². The summed E-state index contributed by atoms with van der Waals surface area (Å²) < 4.78 is 20.2. The van der Waals surface area contributed by atoms with E-state index in [1.54, 1.807) is 6.07 Å². The number of ether oxygens (including phenoxy) is 1. The molecular weight excluding hydrogens is 467 g/mol. The highest BCUT2D eigenvalue weighted by molar-refractivity contribution is 5.61. The molecule has 1 aliphatic rings. The second-order valence-corrected chi connectivity index (χ2v) is 9.65. The average molecular weight is 507 g/mol. The van der Waals surface area contributed by atoms with Crippen LogP contribution in [0.1, 0.15) is 43.5 Å². The molecule has 1 aliphatic heterocycles. The average Bonchev–Trinajstić information content (AvgIpc) is 2.93. The molecule has 37 heavy (non-hydrogen) atoms. The number of benzene rings is 2. The predicted molar refractivity (Wildman–Crippen MR) is 146 cm³/mol. The predicted octanol–water partition coefficient (Wildman–Crippen LogP) is 4.74. The van der Waals surface area contributed by atoms with Crippen LogP contribution in [-0.4, -0.2) is 72.0 Å². The van der Waals surface area contributed by atoms with Crippen LogP contribution in [-0.2, 0) is 17.6 Å². The second kappa shape index (κ2) is 13.6. The normalized spacial score (nSPS) is 15.2. The minimum atomic E-state index is -0.490. The first-order valence-corrected chi connectivity index (χ1v) is 13.5. The zero-order valence-corrected chi connectivity index (χ0v) is 22.1. The maximum atomic E-state index is 14.6. The van der Waals surface area contributed by atoms with Gasteiger partial charge in [-0.1, -0.05) is 68.8 Å². The van der Waals surface area contributed by atoms with E-state index in [0.29, 0.717) is 37.6 Å². The fourth-order valence-corrected chi connectivity index (χ4v) is 4.76. The molecule has 0 unspecified atom stereocenters. The standard InChI is InChI=1S/C30H39FN4O2/c1-3-5-19-37-22-25(36)21-34-15-17-35(18-16-34)30-26(20-24-13-9-10-14-27(24)31)28(4-2)32-29(33-30)23-11-7-6-8-12-23/h6-14,25,36H,3-5,15-22H2,1-2H3/t25-/m1/s1. The lowest BCUT2D eigenvalue weighted by atomic mass is 10.0. The second-order valence-electron chi connectivity index (χ2n) is 9.65. The maximum absolute atomic E-state index is 14.6. The fraction of sp³-hybridized carbons (Fsp3) is 0.467. The molecular formula is C30H39FN4O2. The minimum Gasteiger partial charge on any atom is -0.389 e. The van der Waals surface area contributed by atoms with E-state index in [-0.39, 0.29) is 5.82 Å². The van der Waals surface area contributed by atoms with E-state index in [2.05, 4.69) is 23.6 Å². The molecule has 2 heterocycles. The number of β-amino-alcohol motifs (C(OH)–C–C–N with tert-alkyl or cyclic N) is 1. The molecule has 0 spiro atoms. The van der Waals surface area contributed by atoms with E-state index in [1.165, 1.54) is 6.07 Å². The first-order valence-electron chi connectivity index (χ1n) is 13.5. The largest absolute Gasteiger partial charge is 0.389 e. The van der Waals surface area contributed by atoms with Crippen LogP contribution in [0.4, 0.5) is 10.2 Å². The highest BCUT2D eigenvalue weighted by Crippen LogP contribution is 2.29. The Morgan fingerprint density at radius 1 is 0.973 bits per heavy atom. The van der Waals surface area contributed by atoms with E-state index in [1.807, 2.05) is 42.5 Å². The van der Waals surface area contributed by atoms with Crippen LogP contribution < -0.4 is 4.90 Å². The molecule has 1 atom stereocenters. The van der Waals surface area contributed by atoms with Crippen molar-refractivity contribution in [2.75, 3.05) is 50.8 Å². The smallest absolute Gasteiger partial charge is 0.161 e. The summed E-state index contributed by atoms with van der Waals surface area (Å²) in [6, 6.07) is 17.0. The summed E-state index contributed by atoms with van der Waals surface area (Å²) in [6.45, 7) is 9.08. The molecule has 0 aliphatic carbocycles. The van der Waals surface area contributed by atoms with Crippen LogP contribution in [0.5, 0.6) is 0 Å². The van der Waals surface area contributed by atoms with Gasteiger partial charge in [0.2, 0.25) is 0 Å². The van der Waals surface area contributed by atoms with Crippen LogP contribution in [0, 0.1) is 5.82 Å². The highest BCUT2D eigenvalue weighted by Gasteiger charge is 2.25. The lowest BCUT2D eigenvalue weighted by Crippen LogP contribution is -2.49. The Kier molecular flexibility index (Phi) is 9.99. The first-order chi connectivity index (χ1) is 18.1. The van der Waals surface area contributed by atoms with Crippen molar-refractivity contribution in [2.45, 2.75) is 45.6 Å². The molecule has 6 nitrogen and oxygen atoms in total. The summed E-state index contributed by atoms with van der Waals surface area (Å²) in [4.78, 5) is 14.5. The summed E-state index contributed by atoms with van der Waals surface area (Å²) in [5.74, 6) is 1.38. The lowest BCUT2D eigenvalue weighted by molar-refractivity contribution is 0.0150. The molecule has 4 rings (SSSR count). The van der Waals surface area contributed by atoms with Gasteiger partial charge in [0.05, 0.1) is 12.7 Å². The van der Waals surface area contributed by atoms with Crippen molar-refractivity contribution in [3.63, 3.8) is 0 Å². The van der Waals surface area contributed by atoms with E-state index >= 15 is 0 Å². The number of anilines is 1. The number of aliphatic hydroxyl groups excluding tert-OH is 1. The Bertz CT molecular complexity index is 1120. The molecule has 198 valence electrons. The van der Waals surface area contributed by atoms with E-state index in [9.17, 15) is 9.50 Å². The molecule has 3 aromatic rings. The number of hydrogen-bond donors (Lipinski definition) is 1. The molecule has 7 heteroatoms. The summed E-state index contributed by atoms with van der Waals surface area (Å²) >= 11 is 0. The quantitative estimate of drug-likeness (QED) is 0.358. The van der Waals surface area contributed by atoms with Crippen LogP contribution >= 0.6 is 0 Å². The van der Waals surface area contributed by atoms with Gasteiger partial charge in [-0.15, -0.1) is 0 Å². The Balaban J connectivity index is 1.55. The third-order valence-electron chi connectivity index (χ3n) is 6.86. The fourth-order valence-electron chi connectivity index (χ4n) is 4.76. The number of piperazine rings is 1. The van der Waals surface area contributed by atoms with Crippen LogP contribution in [0.3, 0.4) is 0 Å². The Morgan fingerprint density at radius 2 is 1.70 bits per heavy atom. The number of unbranched alkanes of at least 4 members (excludes halogenated alkanes) is 1. The number of aliphatic hydroxyl groups is 1. The highest BCUT2D eigenvalue weighted by atomic mass is 19.1. The molecule has 2 aromatic carbocycles. The Hall–Kier alpha value is -2.87. The van der Waals surface area contributed by atoms with Crippen LogP contribution in [0.2, 0.25) is 0 Å². The molecule has 0 amide bonds. The Morgan fingerprint density at radius 3 is 2.41 bits per heavy atom. The summed E-state index contributed by atoms with van der Waals surface area (Å²) in [5, 5.41) is 10.4. The van der Waals surface area contributed by atoms with Gasteiger partial charge in [-0.25, -0.2) is 14.4 Å². The van der Waals surface area contributed by atoms with E-state index in [0.717, 1.165) is 68.1 Å². The summed E-state index contributed by atoms with van der Waals surface area (Å²) in [7, 11) is 0. The number of nitrogens with zero attached hydrogens (tertiary/aromatic N) is 4. The molecule has 0 bridgehead atoms. The number of aryl methyl sites for hydroxylation is 1. The van der Waals surface area contributed by atoms with Crippen molar-refractivity contribution in [2.24, 2.45) is 0 Å². The van der Waals surface area contributed by atoms with Crippen molar-refractivity contribution >= 4 is 5.82 Å². The molecule has 0 radical (unpaired) electrons. The third kappa shape index (κ3) is 7.34. The van der Waals surface area contributed by atoms with Crippen molar-refractivity contribution in [3.05, 3.63) is 77.2 Å². The van der Waals surface area contributed by atoms with Crippen molar-refractivity contribution in [3.8, 4) is 11.4 Å². The molecule has 0 saturated carbocycles. The van der Waals surface area contributed by atoms with Gasteiger partial charge < -0.3 is 14.7 Å².